The minimum absolute atomic E-state index is 0.230. The van der Waals surface area contributed by atoms with Crippen LogP contribution in [0.15, 0.2) is 12.1 Å². The first-order valence-electron chi connectivity index (χ1n) is 7.04. The lowest BCUT2D eigenvalue weighted by atomic mass is 9.95. The quantitative estimate of drug-likeness (QED) is 0.787. The Bertz CT molecular complexity index is 430. The van der Waals surface area contributed by atoms with Crippen LogP contribution >= 0.6 is 11.3 Å². The van der Waals surface area contributed by atoms with Crippen molar-refractivity contribution >= 4 is 17.2 Å². The topological polar surface area (TPSA) is 41.1 Å². The van der Waals surface area contributed by atoms with Gasteiger partial charge < -0.3 is 10.6 Å². The number of nitrogens with one attached hydrogen (secondary N) is 2. The first-order chi connectivity index (χ1) is 8.97. The lowest BCUT2D eigenvalue weighted by molar-refractivity contribution is -0.122. The van der Waals surface area contributed by atoms with Gasteiger partial charge in [-0.05, 0) is 30.4 Å². The third-order valence-corrected chi connectivity index (χ3v) is 4.76. The Morgan fingerprint density at radius 1 is 1.32 bits per heavy atom. The van der Waals surface area contributed by atoms with E-state index in [9.17, 15) is 4.79 Å². The highest BCUT2D eigenvalue weighted by Gasteiger charge is 2.28. The van der Waals surface area contributed by atoms with Crippen molar-refractivity contribution in [3.63, 3.8) is 0 Å². The van der Waals surface area contributed by atoms with Gasteiger partial charge >= 0.3 is 0 Å². The first kappa shape index (κ1) is 14.5. The van der Waals surface area contributed by atoms with Crippen LogP contribution in [0.25, 0.3) is 0 Å². The maximum absolute atomic E-state index is 11.4. The van der Waals surface area contributed by atoms with Gasteiger partial charge in [-0.1, -0.05) is 20.8 Å². The van der Waals surface area contributed by atoms with Gasteiger partial charge in [0.1, 0.15) is 0 Å². The fraction of sp³-hybridized carbons (Fsp3) is 0.667. The molecule has 0 unspecified atom stereocenters. The highest BCUT2D eigenvalue weighted by Crippen LogP contribution is 2.29. The van der Waals surface area contributed by atoms with Crippen LogP contribution in [0.4, 0.5) is 0 Å². The first-order valence-corrected chi connectivity index (χ1v) is 7.86. The van der Waals surface area contributed by atoms with E-state index >= 15 is 0 Å². The molecule has 0 spiro atoms. The van der Waals surface area contributed by atoms with Gasteiger partial charge in [-0.2, -0.15) is 0 Å². The summed E-state index contributed by atoms with van der Waals surface area (Å²) in [6.45, 7) is 9.17. The molecule has 0 aliphatic heterocycles. The van der Waals surface area contributed by atoms with E-state index in [0.717, 1.165) is 32.5 Å². The molecule has 0 radical (unpaired) electrons. The van der Waals surface area contributed by atoms with Gasteiger partial charge in [-0.15, -0.1) is 11.3 Å². The molecule has 1 fully saturated rings. The average molecular weight is 280 g/mol. The summed E-state index contributed by atoms with van der Waals surface area (Å²) in [5.41, 5.74) is 0.237. The van der Waals surface area contributed by atoms with Crippen molar-refractivity contribution in [2.45, 2.75) is 45.6 Å². The van der Waals surface area contributed by atoms with E-state index in [1.165, 1.54) is 9.75 Å². The molecule has 0 saturated heterocycles. The van der Waals surface area contributed by atoms with Crippen LogP contribution in [0, 0.1) is 5.92 Å². The van der Waals surface area contributed by atoms with Gasteiger partial charge in [-0.25, -0.2) is 0 Å². The zero-order valence-corrected chi connectivity index (χ0v) is 12.9. The van der Waals surface area contributed by atoms with Gasteiger partial charge in [0.15, 0.2) is 0 Å². The minimum atomic E-state index is 0.230. The molecule has 1 aliphatic carbocycles. The van der Waals surface area contributed by atoms with Crippen LogP contribution in [-0.4, -0.2) is 19.0 Å². The number of carbonyl (C=O) groups excluding carboxylic acids is 1. The van der Waals surface area contributed by atoms with E-state index in [0.29, 0.717) is 5.92 Å². The molecule has 1 aromatic rings. The molecule has 2 N–H and O–H groups in total. The van der Waals surface area contributed by atoms with E-state index in [1.54, 1.807) is 0 Å². The normalized spacial score (nSPS) is 15.5. The molecule has 3 nitrogen and oxygen atoms in total. The highest BCUT2D eigenvalue weighted by atomic mass is 32.1. The zero-order valence-electron chi connectivity index (χ0n) is 12.1. The van der Waals surface area contributed by atoms with Crippen molar-refractivity contribution in [3.8, 4) is 0 Å². The monoisotopic (exact) mass is 280 g/mol. The van der Waals surface area contributed by atoms with Crippen molar-refractivity contribution in [2.75, 3.05) is 13.1 Å². The minimum Gasteiger partial charge on any atom is -0.355 e. The lowest BCUT2D eigenvalue weighted by Gasteiger charge is -2.15. The molecule has 1 aromatic heterocycles. The van der Waals surface area contributed by atoms with Crippen molar-refractivity contribution in [1.29, 1.82) is 0 Å². The van der Waals surface area contributed by atoms with Crippen LogP contribution in [0.3, 0.4) is 0 Å². The molecule has 19 heavy (non-hydrogen) atoms. The van der Waals surface area contributed by atoms with E-state index in [1.807, 2.05) is 11.3 Å². The van der Waals surface area contributed by atoms with E-state index in [2.05, 4.69) is 43.5 Å². The Balaban J connectivity index is 1.62. The van der Waals surface area contributed by atoms with Crippen molar-refractivity contribution < 1.29 is 4.79 Å². The predicted octanol–water partition coefficient (Wildman–Crippen LogP) is 2.66. The van der Waals surface area contributed by atoms with Crippen LogP contribution in [-0.2, 0) is 16.8 Å². The number of hydrogen-bond acceptors (Lipinski definition) is 3. The Morgan fingerprint density at radius 2 is 2.05 bits per heavy atom. The molecular weight excluding hydrogens is 256 g/mol. The van der Waals surface area contributed by atoms with Crippen LogP contribution in [0.5, 0.6) is 0 Å². The Kier molecular flexibility index (Phi) is 4.63. The van der Waals surface area contributed by atoms with E-state index < -0.39 is 0 Å². The fourth-order valence-electron chi connectivity index (χ4n) is 1.85. The van der Waals surface area contributed by atoms with Gasteiger partial charge in [0.05, 0.1) is 0 Å². The van der Waals surface area contributed by atoms with Crippen LogP contribution < -0.4 is 10.6 Å². The molecule has 0 bridgehead atoms. The number of rotatable bonds is 6. The Hall–Kier alpha value is -0.870. The zero-order chi connectivity index (χ0) is 13.9. The van der Waals surface area contributed by atoms with Gasteiger partial charge in [-0.3, -0.25) is 4.79 Å². The third-order valence-electron chi connectivity index (χ3n) is 3.25. The maximum atomic E-state index is 11.4. The van der Waals surface area contributed by atoms with E-state index in [-0.39, 0.29) is 11.3 Å². The molecule has 0 atom stereocenters. The molecule has 1 amide bonds. The largest absolute Gasteiger partial charge is 0.355 e. The summed E-state index contributed by atoms with van der Waals surface area (Å²) in [5, 5.41) is 6.34. The van der Waals surface area contributed by atoms with Gasteiger partial charge in [0.2, 0.25) is 5.91 Å². The lowest BCUT2D eigenvalue weighted by Crippen LogP contribution is -2.32. The van der Waals surface area contributed by atoms with Crippen molar-refractivity contribution in [1.82, 2.24) is 10.6 Å². The third kappa shape index (κ3) is 4.62. The molecule has 1 saturated carbocycles. The molecule has 4 heteroatoms. The van der Waals surface area contributed by atoms with Crippen LogP contribution in [0.1, 0.15) is 43.4 Å². The smallest absolute Gasteiger partial charge is 0.223 e. The fourth-order valence-corrected chi connectivity index (χ4v) is 2.89. The summed E-state index contributed by atoms with van der Waals surface area (Å²) in [7, 11) is 0. The molecule has 0 aromatic carbocycles. The van der Waals surface area contributed by atoms with Gasteiger partial charge in [0, 0.05) is 35.3 Å². The number of thiophene rings is 1. The Morgan fingerprint density at radius 3 is 2.63 bits per heavy atom. The molecule has 106 valence electrons. The highest BCUT2D eigenvalue weighted by molar-refractivity contribution is 7.12. The molecule has 1 aliphatic rings. The molecular formula is C15H24N2OS. The summed E-state index contributed by atoms with van der Waals surface area (Å²) in [6.07, 6.45) is 2.15. The number of hydrogen-bond donors (Lipinski definition) is 2. The van der Waals surface area contributed by atoms with Crippen molar-refractivity contribution in [3.05, 3.63) is 21.9 Å². The summed E-state index contributed by atoms with van der Waals surface area (Å²) < 4.78 is 0. The Labute approximate surface area is 119 Å². The maximum Gasteiger partial charge on any atom is 0.223 e. The average Bonchev–Trinajstić information content (AvgIpc) is 3.06. The van der Waals surface area contributed by atoms with Crippen molar-refractivity contribution in [2.24, 2.45) is 5.92 Å². The summed E-state index contributed by atoms with van der Waals surface area (Å²) in [6, 6.07) is 4.41. The summed E-state index contributed by atoms with van der Waals surface area (Å²) in [5.74, 6) is 0.541. The van der Waals surface area contributed by atoms with Crippen LogP contribution in [0.2, 0.25) is 0 Å². The second kappa shape index (κ2) is 6.06. The predicted molar refractivity (Wildman–Crippen MR) is 80.5 cm³/mol. The molecule has 2 rings (SSSR count). The second-order valence-corrected chi connectivity index (χ2v) is 7.43. The summed E-state index contributed by atoms with van der Waals surface area (Å²) >= 11 is 1.87. The molecule has 1 heterocycles. The standard InChI is InChI=1S/C15H24N2OS/c1-15(2,3)13-7-6-12(19-13)10-16-8-9-17-14(18)11-4-5-11/h6-7,11,16H,4-5,8-10H2,1-3H3,(H,17,18). The second-order valence-electron chi connectivity index (χ2n) is 6.26. The SMILES string of the molecule is CC(C)(C)c1ccc(CNCCNC(=O)C2CC2)s1. The number of amides is 1. The van der Waals surface area contributed by atoms with E-state index in [4.69, 9.17) is 0 Å². The van der Waals surface area contributed by atoms with Gasteiger partial charge in [0.25, 0.3) is 0 Å². The number of carbonyl (C=O) groups is 1. The summed E-state index contributed by atoms with van der Waals surface area (Å²) in [4.78, 5) is 14.2.